The summed E-state index contributed by atoms with van der Waals surface area (Å²) < 4.78 is 24.5. The Labute approximate surface area is 124 Å². The number of carbonyl (C=O) groups is 1. The fourth-order valence-electron chi connectivity index (χ4n) is 2.85. The third-order valence-electron chi connectivity index (χ3n) is 4.33. The Morgan fingerprint density at radius 1 is 1.38 bits per heavy atom. The Morgan fingerprint density at radius 3 is 2.38 bits per heavy atom. The first kappa shape index (κ1) is 14.6. The molecule has 2 aliphatic rings. The second-order valence-electron chi connectivity index (χ2n) is 6.07. The monoisotopic (exact) mass is 311 g/mol. The summed E-state index contributed by atoms with van der Waals surface area (Å²) in [6.45, 7) is 2.39. The number of aromatic nitrogens is 1. The molecule has 21 heavy (non-hydrogen) atoms. The van der Waals surface area contributed by atoms with Gasteiger partial charge >= 0.3 is 0 Å². The zero-order valence-electron chi connectivity index (χ0n) is 12.1. The van der Waals surface area contributed by atoms with E-state index in [-0.39, 0.29) is 16.8 Å². The van der Waals surface area contributed by atoms with Gasteiger partial charge in [0.1, 0.15) is 10.6 Å². The maximum atomic E-state index is 12.5. The first-order valence-electron chi connectivity index (χ1n) is 7.44. The highest BCUT2D eigenvalue weighted by molar-refractivity contribution is 7.89. The van der Waals surface area contributed by atoms with E-state index in [0.29, 0.717) is 24.1 Å². The molecule has 0 unspecified atom stereocenters. The van der Waals surface area contributed by atoms with E-state index in [1.54, 1.807) is 4.57 Å². The Kier molecular flexibility index (Phi) is 3.57. The van der Waals surface area contributed by atoms with Crippen LogP contribution in [0.2, 0.25) is 0 Å². The molecule has 1 aromatic heterocycles. The molecule has 2 saturated carbocycles. The van der Waals surface area contributed by atoms with E-state index in [2.05, 4.69) is 5.32 Å². The highest BCUT2D eigenvalue weighted by Gasteiger charge is 2.42. The molecule has 0 atom stereocenters. The molecule has 2 aliphatic carbocycles. The van der Waals surface area contributed by atoms with Crippen LogP contribution in [0.25, 0.3) is 0 Å². The lowest BCUT2D eigenvalue weighted by molar-refractivity contribution is 0.0917. The SMILES string of the molecule is CCn1cc(S(N)(=O)=O)cc1C(=O)NC(C1CC1)C1CC1. The average Bonchev–Trinajstić information content (AvgIpc) is 3.31. The summed E-state index contributed by atoms with van der Waals surface area (Å²) in [5.41, 5.74) is 0.368. The molecule has 116 valence electrons. The molecule has 0 bridgehead atoms. The lowest BCUT2D eigenvalue weighted by atomic mass is 10.1. The van der Waals surface area contributed by atoms with Crippen LogP contribution in [0.5, 0.6) is 0 Å². The molecule has 2 fully saturated rings. The number of nitrogens with zero attached hydrogens (tertiary/aromatic N) is 1. The minimum absolute atomic E-state index is 0.0103. The third-order valence-corrected chi connectivity index (χ3v) is 5.21. The van der Waals surface area contributed by atoms with Gasteiger partial charge < -0.3 is 9.88 Å². The molecule has 0 aliphatic heterocycles. The van der Waals surface area contributed by atoms with Crippen molar-refractivity contribution < 1.29 is 13.2 Å². The molecular weight excluding hydrogens is 290 g/mol. The van der Waals surface area contributed by atoms with Crippen molar-refractivity contribution in [2.45, 2.75) is 50.1 Å². The van der Waals surface area contributed by atoms with Crippen molar-refractivity contribution in [3.8, 4) is 0 Å². The predicted molar refractivity (Wildman–Crippen MR) is 78.2 cm³/mol. The number of amides is 1. The fraction of sp³-hybridized carbons (Fsp3) is 0.643. The largest absolute Gasteiger partial charge is 0.347 e. The van der Waals surface area contributed by atoms with Crippen LogP contribution in [-0.4, -0.2) is 24.9 Å². The first-order valence-corrected chi connectivity index (χ1v) is 8.98. The molecule has 7 heteroatoms. The van der Waals surface area contributed by atoms with Gasteiger partial charge in [-0.15, -0.1) is 0 Å². The van der Waals surface area contributed by atoms with Crippen molar-refractivity contribution in [2.75, 3.05) is 0 Å². The van der Waals surface area contributed by atoms with Crippen molar-refractivity contribution in [3.63, 3.8) is 0 Å². The second kappa shape index (κ2) is 5.14. The topological polar surface area (TPSA) is 94.2 Å². The number of rotatable bonds is 6. The number of carbonyl (C=O) groups excluding carboxylic acids is 1. The molecule has 0 saturated heterocycles. The molecule has 1 amide bonds. The van der Waals surface area contributed by atoms with E-state index in [1.165, 1.54) is 37.9 Å². The van der Waals surface area contributed by atoms with Crippen LogP contribution < -0.4 is 10.5 Å². The molecule has 0 aromatic carbocycles. The highest BCUT2D eigenvalue weighted by atomic mass is 32.2. The lowest BCUT2D eigenvalue weighted by Gasteiger charge is -2.18. The zero-order chi connectivity index (χ0) is 15.2. The van der Waals surface area contributed by atoms with Crippen LogP contribution in [0.4, 0.5) is 0 Å². The van der Waals surface area contributed by atoms with Crippen molar-refractivity contribution in [1.29, 1.82) is 0 Å². The molecule has 3 rings (SSSR count). The number of aryl methyl sites for hydroxylation is 1. The Hall–Kier alpha value is -1.34. The van der Waals surface area contributed by atoms with Gasteiger partial charge in [0.05, 0.1) is 0 Å². The molecule has 3 N–H and O–H groups in total. The van der Waals surface area contributed by atoms with Crippen LogP contribution >= 0.6 is 0 Å². The summed E-state index contributed by atoms with van der Waals surface area (Å²) in [4.78, 5) is 12.5. The Morgan fingerprint density at radius 2 is 1.95 bits per heavy atom. The standard InChI is InChI=1S/C14H21N3O3S/c1-2-17-8-11(21(15,19)20)7-12(17)14(18)16-13(9-3-4-9)10-5-6-10/h7-10,13H,2-6H2,1H3,(H,16,18)(H2,15,19,20). The van der Waals surface area contributed by atoms with Crippen LogP contribution in [0, 0.1) is 11.8 Å². The molecular formula is C14H21N3O3S. The summed E-state index contributed by atoms with van der Waals surface area (Å²) in [5.74, 6) is 1.00. The minimum Gasteiger partial charge on any atom is -0.347 e. The highest BCUT2D eigenvalue weighted by Crippen LogP contribution is 2.44. The van der Waals surface area contributed by atoms with Gasteiger partial charge in [0.2, 0.25) is 10.0 Å². The summed E-state index contributed by atoms with van der Waals surface area (Å²) in [5, 5.41) is 8.24. The maximum absolute atomic E-state index is 12.5. The molecule has 0 radical (unpaired) electrons. The van der Waals surface area contributed by atoms with E-state index in [9.17, 15) is 13.2 Å². The summed E-state index contributed by atoms with van der Waals surface area (Å²) >= 11 is 0. The Bertz CT molecular complexity index is 645. The Balaban J connectivity index is 1.81. The normalized spacial score (nSPS) is 19.0. The summed E-state index contributed by atoms with van der Waals surface area (Å²) in [7, 11) is -3.79. The zero-order valence-corrected chi connectivity index (χ0v) is 12.9. The number of nitrogens with two attached hydrogens (primary N) is 1. The van der Waals surface area contributed by atoms with Crippen molar-refractivity contribution in [2.24, 2.45) is 17.0 Å². The van der Waals surface area contributed by atoms with E-state index < -0.39 is 10.0 Å². The van der Waals surface area contributed by atoms with Gasteiger partial charge in [-0.3, -0.25) is 4.79 Å². The van der Waals surface area contributed by atoms with Gasteiger partial charge in [-0.1, -0.05) is 0 Å². The summed E-state index contributed by atoms with van der Waals surface area (Å²) in [6, 6.07) is 1.61. The average molecular weight is 311 g/mol. The predicted octanol–water partition coefficient (Wildman–Crippen LogP) is 1.07. The van der Waals surface area contributed by atoms with E-state index in [0.717, 1.165) is 0 Å². The van der Waals surface area contributed by atoms with Crippen molar-refractivity contribution in [3.05, 3.63) is 18.0 Å². The number of primary sulfonamides is 1. The van der Waals surface area contributed by atoms with Crippen molar-refractivity contribution >= 4 is 15.9 Å². The van der Waals surface area contributed by atoms with E-state index >= 15 is 0 Å². The van der Waals surface area contributed by atoms with Crippen LogP contribution in [0.3, 0.4) is 0 Å². The van der Waals surface area contributed by atoms with Gasteiger partial charge in [-0.05, 0) is 50.5 Å². The molecule has 6 nitrogen and oxygen atoms in total. The molecule has 1 heterocycles. The van der Waals surface area contributed by atoms with Crippen LogP contribution in [0.1, 0.15) is 43.1 Å². The van der Waals surface area contributed by atoms with Crippen molar-refractivity contribution in [1.82, 2.24) is 9.88 Å². The van der Waals surface area contributed by atoms with Crippen LogP contribution in [-0.2, 0) is 16.6 Å². The third kappa shape index (κ3) is 3.13. The smallest absolute Gasteiger partial charge is 0.268 e. The maximum Gasteiger partial charge on any atom is 0.268 e. The van der Waals surface area contributed by atoms with E-state index in [4.69, 9.17) is 5.14 Å². The number of hydrogen-bond donors (Lipinski definition) is 2. The van der Waals surface area contributed by atoms with Gasteiger partial charge in [-0.25, -0.2) is 13.6 Å². The molecule has 0 spiro atoms. The van der Waals surface area contributed by atoms with Gasteiger partial charge in [-0.2, -0.15) is 0 Å². The summed E-state index contributed by atoms with van der Waals surface area (Å²) in [6.07, 6.45) is 6.14. The molecule has 1 aromatic rings. The minimum atomic E-state index is -3.79. The number of sulfonamides is 1. The van der Waals surface area contributed by atoms with Crippen LogP contribution in [0.15, 0.2) is 17.2 Å². The number of hydrogen-bond acceptors (Lipinski definition) is 3. The van der Waals surface area contributed by atoms with Gasteiger partial charge in [0, 0.05) is 18.8 Å². The lowest BCUT2D eigenvalue weighted by Crippen LogP contribution is -2.38. The van der Waals surface area contributed by atoms with Gasteiger partial charge in [0.15, 0.2) is 0 Å². The number of nitrogens with one attached hydrogen (secondary N) is 1. The quantitative estimate of drug-likeness (QED) is 0.823. The van der Waals surface area contributed by atoms with E-state index in [1.807, 2.05) is 6.92 Å². The van der Waals surface area contributed by atoms with Gasteiger partial charge in [0.25, 0.3) is 5.91 Å². The fourth-order valence-corrected chi connectivity index (χ4v) is 3.40. The first-order chi connectivity index (χ1) is 9.90. The second-order valence-corrected chi connectivity index (χ2v) is 7.63.